The van der Waals surface area contributed by atoms with Crippen molar-refractivity contribution in [3.63, 3.8) is 0 Å². The largest absolute Gasteiger partial charge is 0.314 e. The van der Waals surface area contributed by atoms with Gasteiger partial charge in [-0.05, 0) is 26.0 Å². The third-order valence-corrected chi connectivity index (χ3v) is 5.39. The van der Waals surface area contributed by atoms with Crippen molar-refractivity contribution in [1.82, 2.24) is 14.9 Å². The van der Waals surface area contributed by atoms with Gasteiger partial charge in [0.1, 0.15) is 5.82 Å². The Morgan fingerprint density at radius 1 is 1.38 bits per heavy atom. The summed E-state index contributed by atoms with van der Waals surface area (Å²) in [6.07, 6.45) is 0.607. The van der Waals surface area contributed by atoms with E-state index in [1.807, 2.05) is 0 Å². The molecule has 24 heavy (non-hydrogen) atoms. The van der Waals surface area contributed by atoms with E-state index in [1.165, 1.54) is 6.92 Å². The summed E-state index contributed by atoms with van der Waals surface area (Å²) in [4.78, 5) is 11.9. The Morgan fingerprint density at radius 2 is 2.04 bits per heavy atom. The molecule has 0 atom stereocenters. The van der Waals surface area contributed by atoms with Crippen LogP contribution in [0.25, 0.3) is 0 Å². The zero-order valence-electron chi connectivity index (χ0n) is 13.4. The van der Waals surface area contributed by atoms with Gasteiger partial charge >= 0.3 is 0 Å². The van der Waals surface area contributed by atoms with Crippen LogP contribution in [0.3, 0.4) is 0 Å². The second kappa shape index (κ2) is 7.97. The third kappa shape index (κ3) is 4.69. The first-order valence-corrected chi connectivity index (χ1v) is 9.17. The number of piperazine rings is 1. The molecule has 0 unspecified atom stereocenters. The van der Waals surface area contributed by atoms with Crippen molar-refractivity contribution in [2.45, 2.75) is 18.2 Å². The molecule has 1 aromatic carbocycles. The molecular formula is C14H21FN4O4S. The van der Waals surface area contributed by atoms with Gasteiger partial charge in [-0.3, -0.25) is 10.1 Å². The summed E-state index contributed by atoms with van der Waals surface area (Å²) < 4.78 is 40.5. The number of nitro benzene ring substituents is 1. The van der Waals surface area contributed by atoms with Crippen LogP contribution in [-0.4, -0.2) is 57.5 Å². The van der Waals surface area contributed by atoms with Crippen LogP contribution in [0.5, 0.6) is 0 Å². The molecule has 8 nitrogen and oxygen atoms in total. The second-order valence-electron chi connectivity index (χ2n) is 5.65. The molecular weight excluding hydrogens is 339 g/mol. The van der Waals surface area contributed by atoms with E-state index >= 15 is 0 Å². The van der Waals surface area contributed by atoms with Gasteiger partial charge in [0, 0.05) is 38.8 Å². The molecule has 0 bridgehead atoms. The van der Waals surface area contributed by atoms with E-state index in [1.54, 1.807) is 0 Å². The van der Waals surface area contributed by atoms with Gasteiger partial charge in [-0.2, -0.15) is 0 Å². The van der Waals surface area contributed by atoms with E-state index in [9.17, 15) is 22.9 Å². The number of rotatable bonds is 7. The standard InChI is InChI=1S/C14H21FN4O4S/c1-11-13(15)9-12(10-14(11)19(20)21)24(22,23)17-3-2-6-18-7-4-16-5-8-18/h9-10,16-17H,2-8H2,1H3. The van der Waals surface area contributed by atoms with Crippen LogP contribution in [-0.2, 0) is 10.0 Å². The predicted molar refractivity (Wildman–Crippen MR) is 86.9 cm³/mol. The molecule has 0 spiro atoms. The summed E-state index contributed by atoms with van der Waals surface area (Å²) in [6, 6.07) is 1.69. The van der Waals surface area contributed by atoms with Gasteiger partial charge in [0.2, 0.25) is 10.0 Å². The molecule has 1 fully saturated rings. The van der Waals surface area contributed by atoms with Crippen molar-refractivity contribution in [3.05, 3.63) is 33.6 Å². The predicted octanol–water partition coefficient (Wildman–Crippen LogP) is 0.616. The molecule has 0 amide bonds. The van der Waals surface area contributed by atoms with Crippen LogP contribution >= 0.6 is 0 Å². The van der Waals surface area contributed by atoms with Gasteiger partial charge in [0.05, 0.1) is 15.4 Å². The Kier molecular flexibility index (Phi) is 6.21. The fourth-order valence-electron chi connectivity index (χ4n) is 2.51. The van der Waals surface area contributed by atoms with Gasteiger partial charge in [0.25, 0.3) is 5.69 Å². The summed E-state index contributed by atoms with van der Waals surface area (Å²) in [5.74, 6) is -0.912. The number of nitrogens with zero attached hydrogens (tertiary/aromatic N) is 2. The minimum absolute atomic E-state index is 0.183. The van der Waals surface area contributed by atoms with E-state index in [2.05, 4.69) is 14.9 Å². The number of nitrogens with one attached hydrogen (secondary N) is 2. The number of benzene rings is 1. The first-order chi connectivity index (χ1) is 11.3. The summed E-state index contributed by atoms with van der Waals surface area (Å²) in [6.45, 7) is 5.85. The highest BCUT2D eigenvalue weighted by atomic mass is 32.2. The van der Waals surface area contributed by atoms with Crippen molar-refractivity contribution in [2.24, 2.45) is 0 Å². The normalized spacial score (nSPS) is 16.2. The fraction of sp³-hybridized carbons (Fsp3) is 0.571. The van der Waals surface area contributed by atoms with Gasteiger partial charge in [-0.25, -0.2) is 17.5 Å². The lowest BCUT2D eigenvalue weighted by Crippen LogP contribution is -2.44. The second-order valence-corrected chi connectivity index (χ2v) is 7.42. The molecule has 10 heteroatoms. The van der Waals surface area contributed by atoms with Crippen LogP contribution < -0.4 is 10.0 Å². The van der Waals surface area contributed by atoms with Gasteiger partial charge in [-0.15, -0.1) is 0 Å². The van der Waals surface area contributed by atoms with Crippen LogP contribution in [0.4, 0.5) is 10.1 Å². The Morgan fingerprint density at radius 3 is 2.67 bits per heavy atom. The smallest absolute Gasteiger partial charge is 0.276 e. The summed E-state index contributed by atoms with van der Waals surface area (Å²) >= 11 is 0. The minimum atomic E-state index is -3.98. The molecule has 1 saturated heterocycles. The van der Waals surface area contributed by atoms with E-state index < -0.39 is 31.3 Å². The van der Waals surface area contributed by atoms with Crippen molar-refractivity contribution >= 4 is 15.7 Å². The maximum atomic E-state index is 13.8. The maximum Gasteiger partial charge on any atom is 0.276 e. The molecule has 2 rings (SSSR count). The number of hydrogen-bond donors (Lipinski definition) is 2. The molecule has 1 aromatic rings. The molecule has 1 heterocycles. The van der Waals surface area contributed by atoms with E-state index in [0.717, 1.165) is 44.9 Å². The summed E-state index contributed by atoms with van der Waals surface area (Å²) in [7, 11) is -3.98. The van der Waals surface area contributed by atoms with Crippen LogP contribution in [0.2, 0.25) is 0 Å². The molecule has 0 radical (unpaired) electrons. The van der Waals surface area contributed by atoms with Crippen molar-refractivity contribution in [1.29, 1.82) is 0 Å². The number of hydrogen-bond acceptors (Lipinski definition) is 6. The lowest BCUT2D eigenvalue weighted by Gasteiger charge is -2.27. The van der Waals surface area contributed by atoms with Crippen LogP contribution in [0, 0.1) is 22.9 Å². The zero-order chi connectivity index (χ0) is 17.7. The van der Waals surface area contributed by atoms with Gasteiger partial charge in [-0.1, -0.05) is 0 Å². The average Bonchev–Trinajstić information content (AvgIpc) is 2.54. The highest BCUT2D eigenvalue weighted by Crippen LogP contribution is 2.25. The SMILES string of the molecule is Cc1c(F)cc(S(=O)(=O)NCCCN2CCNCC2)cc1[N+](=O)[O-]. The van der Waals surface area contributed by atoms with E-state index in [4.69, 9.17) is 0 Å². The highest BCUT2D eigenvalue weighted by molar-refractivity contribution is 7.89. The zero-order valence-corrected chi connectivity index (χ0v) is 14.2. The Labute approximate surface area is 140 Å². The lowest BCUT2D eigenvalue weighted by atomic mass is 10.2. The molecule has 0 aromatic heterocycles. The van der Waals surface area contributed by atoms with Crippen LogP contribution in [0.1, 0.15) is 12.0 Å². The minimum Gasteiger partial charge on any atom is -0.314 e. The molecule has 0 aliphatic carbocycles. The first-order valence-electron chi connectivity index (χ1n) is 7.68. The van der Waals surface area contributed by atoms with E-state index in [-0.39, 0.29) is 12.1 Å². The van der Waals surface area contributed by atoms with Crippen molar-refractivity contribution in [2.75, 3.05) is 39.3 Å². The van der Waals surface area contributed by atoms with Crippen LogP contribution in [0.15, 0.2) is 17.0 Å². The topological polar surface area (TPSA) is 105 Å². The van der Waals surface area contributed by atoms with Crippen molar-refractivity contribution in [3.8, 4) is 0 Å². The first kappa shape index (κ1) is 18.7. The lowest BCUT2D eigenvalue weighted by molar-refractivity contribution is -0.385. The number of sulfonamides is 1. The van der Waals surface area contributed by atoms with Gasteiger partial charge in [0.15, 0.2) is 0 Å². The summed E-state index contributed by atoms with van der Waals surface area (Å²) in [5, 5.41) is 14.1. The Hall–Kier alpha value is -1.62. The molecule has 1 aliphatic rings. The molecule has 1 aliphatic heterocycles. The summed E-state index contributed by atoms with van der Waals surface area (Å²) in [5.41, 5.74) is -0.728. The molecule has 2 N–H and O–H groups in total. The number of halogens is 1. The molecule has 134 valence electrons. The van der Waals surface area contributed by atoms with Gasteiger partial charge < -0.3 is 10.2 Å². The fourth-order valence-corrected chi connectivity index (χ4v) is 3.62. The quantitative estimate of drug-likeness (QED) is 0.420. The van der Waals surface area contributed by atoms with E-state index in [0.29, 0.717) is 6.42 Å². The number of nitro groups is 1. The third-order valence-electron chi connectivity index (χ3n) is 3.95. The highest BCUT2D eigenvalue weighted by Gasteiger charge is 2.23. The average molecular weight is 360 g/mol. The monoisotopic (exact) mass is 360 g/mol. The van der Waals surface area contributed by atoms with Crippen molar-refractivity contribution < 1.29 is 17.7 Å². The Balaban J connectivity index is 1.98. The Bertz CT molecular complexity index is 705. The maximum absolute atomic E-state index is 13.8. The molecule has 0 saturated carbocycles.